The second kappa shape index (κ2) is 4.21. The molecule has 1 saturated heterocycles. The van der Waals surface area contributed by atoms with Crippen LogP contribution in [0.4, 0.5) is 0 Å². The Hall–Kier alpha value is 0.110. The van der Waals surface area contributed by atoms with Crippen LogP contribution >= 0.6 is 15.9 Å². The van der Waals surface area contributed by atoms with Gasteiger partial charge in [-0.05, 0) is 48.3 Å². The quantitative estimate of drug-likeness (QED) is 0.659. The summed E-state index contributed by atoms with van der Waals surface area (Å²) in [7, 11) is 2.12. The van der Waals surface area contributed by atoms with Crippen molar-refractivity contribution in [2.45, 2.75) is 19.3 Å². The molecule has 0 aromatic carbocycles. The van der Waals surface area contributed by atoms with Gasteiger partial charge in [0.15, 0.2) is 4.69 Å². The molecule has 1 aliphatic heterocycles. The minimum absolute atomic E-state index is 0.151. The molecule has 1 rings (SSSR count). The number of piperidine rings is 1. The minimum Gasteiger partial charge on any atom is -0.306 e. The minimum atomic E-state index is 0.151. The Morgan fingerprint density at radius 3 is 3.00 bits per heavy atom. The summed E-state index contributed by atoms with van der Waals surface area (Å²) in [5, 5.41) is 0. The summed E-state index contributed by atoms with van der Waals surface area (Å²) in [5.74, 6) is 0.584. The predicted molar refractivity (Wildman–Crippen MR) is 48.8 cm³/mol. The van der Waals surface area contributed by atoms with Gasteiger partial charge in [0.05, 0.1) is 0 Å². The Morgan fingerprint density at radius 1 is 1.73 bits per heavy atom. The van der Waals surface area contributed by atoms with E-state index in [1.165, 1.54) is 19.4 Å². The number of rotatable bonds is 2. The molecule has 3 heteroatoms. The van der Waals surface area contributed by atoms with Gasteiger partial charge in [-0.25, -0.2) is 0 Å². The zero-order valence-electron chi connectivity index (χ0n) is 6.85. The molecule has 0 amide bonds. The first-order chi connectivity index (χ1) is 5.18. The van der Waals surface area contributed by atoms with Gasteiger partial charge in [-0.15, -0.1) is 0 Å². The van der Waals surface area contributed by atoms with Crippen molar-refractivity contribution in [3.8, 4) is 0 Å². The molecule has 1 aliphatic rings. The van der Waals surface area contributed by atoms with E-state index in [4.69, 9.17) is 0 Å². The lowest BCUT2D eigenvalue weighted by molar-refractivity contribution is -0.111. The maximum Gasteiger partial charge on any atom is 0.198 e. The largest absolute Gasteiger partial charge is 0.306 e. The average Bonchev–Trinajstić information content (AvgIpc) is 1.85. The normalized spacial score (nSPS) is 26.9. The van der Waals surface area contributed by atoms with E-state index in [0.717, 1.165) is 6.54 Å². The average molecular weight is 220 g/mol. The highest BCUT2D eigenvalue weighted by atomic mass is 79.9. The number of halogens is 1. The topological polar surface area (TPSA) is 20.3 Å². The highest BCUT2D eigenvalue weighted by Gasteiger charge is 2.18. The number of hydrogen-bond acceptors (Lipinski definition) is 2. The number of likely N-dealkylation sites (tertiary alicyclic amines) is 1. The smallest absolute Gasteiger partial charge is 0.198 e. The van der Waals surface area contributed by atoms with E-state index in [1.54, 1.807) is 0 Å². The van der Waals surface area contributed by atoms with Crippen LogP contribution in [-0.4, -0.2) is 29.7 Å². The van der Waals surface area contributed by atoms with Crippen molar-refractivity contribution < 1.29 is 4.79 Å². The molecule has 0 unspecified atom stereocenters. The molecule has 0 spiro atoms. The molecule has 0 aromatic heterocycles. The van der Waals surface area contributed by atoms with E-state index in [0.29, 0.717) is 12.3 Å². The van der Waals surface area contributed by atoms with Crippen LogP contribution in [0.15, 0.2) is 0 Å². The molecule has 1 heterocycles. The van der Waals surface area contributed by atoms with Crippen LogP contribution in [0.2, 0.25) is 0 Å². The van der Waals surface area contributed by atoms with Crippen molar-refractivity contribution in [2.24, 2.45) is 5.92 Å². The Labute approximate surface area is 76.1 Å². The number of hydrogen-bond donors (Lipinski definition) is 0. The third-order valence-corrected chi connectivity index (χ3v) is 2.49. The van der Waals surface area contributed by atoms with Gasteiger partial charge in [0.2, 0.25) is 0 Å². The zero-order valence-corrected chi connectivity index (χ0v) is 8.43. The first kappa shape index (κ1) is 9.20. The van der Waals surface area contributed by atoms with Crippen LogP contribution < -0.4 is 0 Å². The Kier molecular flexibility index (Phi) is 3.52. The highest BCUT2D eigenvalue weighted by Crippen LogP contribution is 2.19. The monoisotopic (exact) mass is 219 g/mol. The van der Waals surface area contributed by atoms with Crippen LogP contribution in [0.1, 0.15) is 19.3 Å². The van der Waals surface area contributed by atoms with Crippen molar-refractivity contribution in [2.75, 3.05) is 20.1 Å². The number of nitrogens with zero attached hydrogens (tertiary/aromatic N) is 1. The van der Waals surface area contributed by atoms with Crippen LogP contribution in [-0.2, 0) is 4.79 Å². The molecule has 1 fully saturated rings. The van der Waals surface area contributed by atoms with E-state index < -0.39 is 0 Å². The van der Waals surface area contributed by atoms with Crippen LogP contribution in [0, 0.1) is 5.92 Å². The van der Waals surface area contributed by atoms with Crippen LogP contribution in [0.3, 0.4) is 0 Å². The lowest BCUT2D eigenvalue weighted by Gasteiger charge is -2.28. The Bertz CT molecular complexity index is 149. The molecule has 0 saturated carbocycles. The van der Waals surface area contributed by atoms with Crippen molar-refractivity contribution in [1.82, 2.24) is 4.90 Å². The molecule has 1 atom stereocenters. The van der Waals surface area contributed by atoms with Crippen molar-refractivity contribution in [3.63, 3.8) is 0 Å². The summed E-state index contributed by atoms with van der Waals surface area (Å²) in [5.41, 5.74) is 0. The van der Waals surface area contributed by atoms with E-state index >= 15 is 0 Å². The summed E-state index contributed by atoms with van der Waals surface area (Å²) in [6.45, 7) is 2.27. The molecule has 0 aromatic rings. The van der Waals surface area contributed by atoms with Gasteiger partial charge < -0.3 is 4.90 Å². The van der Waals surface area contributed by atoms with E-state index in [-0.39, 0.29) is 4.69 Å². The predicted octanol–water partition coefficient (Wildman–Crippen LogP) is 1.64. The first-order valence-electron chi connectivity index (χ1n) is 4.05. The third-order valence-electron chi connectivity index (χ3n) is 2.17. The van der Waals surface area contributed by atoms with Gasteiger partial charge in [-0.3, -0.25) is 4.79 Å². The van der Waals surface area contributed by atoms with Crippen molar-refractivity contribution >= 4 is 20.6 Å². The van der Waals surface area contributed by atoms with Crippen molar-refractivity contribution in [3.05, 3.63) is 0 Å². The summed E-state index contributed by atoms with van der Waals surface area (Å²) >= 11 is 2.97. The number of carbonyl (C=O) groups excluding carboxylic acids is 1. The lowest BCUT2D eigenvalue weighted by atomic mass is 9.96. The summed E-state index contributed by atoms with van der Waals surface area (Å²) in [4.78, 5) is 13.0. The lowest BCUT2D eigenvalue weighted by Crippen LogP contribution is -2.32. The fraction of sp³-hybridized carbons (Fsp3) is 0.875. The molecule has 64 valence electrons. The summed E-state index contributed by atoms with van der Waals surface area (Å²) in [6, 6.07) is 0. The Morgan fingerprint density at radius 2 is 2.45 bits per heavy atom. The van der Waals surface area contributed by atoms with Gasteiger partial charge in [0.1, 0.15) is 0 Å². The molecule has 0 aliphatic carbocycles. The van der Waals surface area contributed by atoms with Crippen molar-refractivity contribution in [1.29, 1.82) is 0 Å². The fourth-order valence-corrected chi connectivity index (χ4v) is 2.12. The second-order valence-corrected chi connectivity index (χ2v) is 4.21. The zero-order chi connectivity index (χ0) is 8.27. The maximum atomic E-state index is 10.7. The molecule has 0 radical (unpaired) electrons. The van der Waals surface area contributed by atoms with E-state index in [1.807, 2.05) is 0 Å². The van der Waals surface area contributed by atoms with Gasteiger partial charge in [-0.1, -0.05) is 0 Å². The van der Waals surface area contributed by atoms with Gasteiger partial charge >= 0.3 is 0 Å². The van der Waals surface area contributed by atoms with E-state index in [9.17, 15) is 4.79 Å². The summed E-state index contributed by atoms with van der Waals surface area (Å²) in [6.07, 6.45) is 3.15. The molecule has 11 heavy (non-hydrogen) atoms. The van der Waals surface area contributed by atoms with Crippen LogP contribution in [0.25, 0.3) is 0 Å². The molecular weight excluding hydrogens is 206 g/mol. The molecule has 0 bridgehead atoms. The standard InChI is InChI=1S/C8H14BrNO/c1-10-4-2-3-7(6-10)5-8(9)11/h7H,2-6H2,1H3/t7-/m0/s1. The van der Waals surface area contributed by atoms with Gasteiger partial charge in [0, 0.05) is 13.0 Å². The summed E-state index contributed by atoms with van der Waals surface area (Å²) < 4.78 is 0.151. The number of carbonyl (C=O) groups is 1. The van der Waals surface area contributed by atoms with Gasteiger partial charge in [-0.2, -0.15) is 0 Å². The SMILES string of the molecule is CN1CCC[C@@H](CC(=O)Br)C1. The first-order valence-corrected chi connectivity index (χ1v) is 4.84. The fourth-order valence-electron chi connectivity index (χ4n) is 1.67. The molecule has 2 nitrogen and oxygen atoms in total. The molecule has 0 N–H and O–H groups in total. The van der Waals surface area contributed by atoms with Crippen LogP contribution in [0.5, 0.6) is 0 Å². The molecular formula is C8H14BrNO. The second-order valence-electron chi connectivity index (χ2n) is 3.33. The highest BCUT2D eigenvalue weighted by molar-refractivity contribution is 9.18. The van der Waals surface area contributed by atoms with E-state index in [2.05, 4.69) is 27.9 Å². The maximum absolute atomic E-state index is 10.7. The third kappa shape index (κ3) is 3.34. The van der Waals surface area contributed by atoms with Gasteiger partial charge in [0.25, 0.3) is 0 Å². The Balaban J connectivity index is 2.28.